The smallest absolute Gasteiger partial charge is 0.352 e. The number of hydrogen-bond acceptors (Lipinski definition) is 5. The monoisotopic (exact) mass is 412 g/mol. The van der Waals surface area contributed by atoms with Crippen LogP contribution in [0.15, 0.2) is 30.3 Å². The maximum Gasteiger partial charge on any atom is 0.352 e. The normalized spacial score (nSPS) is 10.5. The molecule has 0 aliphatic rings. The molecule has 0 atom stereocenters. The van der Waals surface area contributed by atoms with Crippen LogP contribution in [0.25, 0.3) is 0 Å². The summed E-state index contributed by atoms with van der Waals surface area (Å²) in [5, 5.41) is 2.78. The highest BCUT2D eigenvalue weighted by Gasteiger charge is 2.21. The van der Waals surface area contributed by atoms with Crippen molar-refractivity contribution in [2.24, 2.45) is 11.7 Å². The lowest BCUT2D eigenvalue weighted by atomic mass is 10.1. The molecule has 2 aromatic rings. The highest BCUT2D eigenvalue weighted by Crippen LogP contribution is 2.34. The van der Waals surface area contributed by atoms with Crippen molar-refractivity contribution in [3.05, 3.63) is 51.5 Å². The molecule has 2 rings (SSSR count). The quantitative estimate of drug-likeness (QED) is 0.426. The number of anilines is 1. The van der Waals surface area contributed by atoms with Crippen LogP contribution in [0.5, 0.6) is 11.5 Å². The van der Waals surface area contributed by atoms with Crippen molar-refractivity contribution >= 4 is 34.9 Å². The second-order valence-corrected chi connectivity index (χ2v) is 6.59. The summed E-state index contributed by atoms with van der Waals surface area (Å²) in [7, 11) is 1.40. The molecule has 2 aromatic carbocycles. The van der Waals surface area contributed by atoms with Crippen molar-refractivity contribution in [2.75, 3.05) is 18.7 Å². The molecule has 0 saturated heterocycles. The standard InChI is InChI=1S/C18H22Cl2N4O3/c1-4-26-16-7-5-6-15(24(22)18(25)23(3)21)12(16)10-27-17-9-13(19)11(2)8-14(17)20/h5-9H,4,10,21-22H2,1-3H3. The van der Waals surface area contributed by atoms with Gasteiger partial charge in [-0.25, -0.2) is 21.5 Å². The SMILES string of the molecule is CCOc1cccc(N(N)C(=O)N(C)N)c1COc1cc(Cl)c(C)cc1Cl. The molecular formula is C18H22Cl2N4O3. The Balaban J connectivity index is 2.39. The van der Waals surface area contributed by atoms with Gasteiger partial charge in [-0.1, -0.05) is 29.3 Å². The Hall–Kier alpha value is -2.19. The number of hydrogen-bond donors (Lipinski definition) is 2. The van der Waals surface area contributed by atoms with Gasteiger partial charge in [0, 0.05) is 18.1 Å². The number of aryl methyl sites for hydroxylation is 1. The van der Waals surface area contributed by atoms with E-state index in [1.165, 1.54) is 7.05 Å². The molecule has 9 heteroatoms. The number of ether oxygens (including phenoxy) is 2. The first-order valence-corrected chi connectivity index (χ1v) is 8.92. The molecule has 2 amide bonds. The number of urea groups is 1. The van der Waals surface area contributed by atoms with Crippen molar-refractivity contribution in [3.63, 3.8) is 0 Å². The molecule has 27 heavy (non-hydrogen) atoms. The summed E-state index contributed by atoms with van der Waals surface area (Å²) in [4.78, 5) is 12.2. The lowest BCUT2D eigenvalue weighted by molar-refractivity contribution is 0.216. The van der Waals surface area contributed by atoms with Gasteiger partial charge in [-0.3, -0.25) is 5.01 Å². The van der Waals surface area contributed by atoms with Gasteiger partial charge in [0.15, 0.2) is 0 Å². The zero-order chi connectivity index (χ0) is 20.1. The molecule has 0 aliphatic carbocycles. The molecule has 146 valence electrons. The average Bonchev–Trinajstić information content (AvgIpc) is 2.63. The maximum absolute atomic E-state index is 12.2. The number of rotatable bonds is 6. The van der Waals surface area contributed by atoms with Crippen LogP contribution in [0.4, 0.5) is 10.5 Å². The van der Waals surface area contributed by atoms with E-state index in [-0.39, 0.29) is 6.61 Å². The fraction of sp³-hybridized carbons (Fsp3) is 0.278. The lowest BCUT2D eigenvalue weighted by Gasteiger charge is -2.24. The molecule has 4 N–H and O–H groups in total. The first-order valence-electron chi connectivity index (χ1n) is 8.16. The molecule has 0 unspecified atom stereocenters. The maximum atomic E-state index is 12.2. The van der Waals surface area contributed by atoms with E-state index in [0.717, 1.165) is 15.6 Å². The Morgan fingerprint density at radius 3 is 2.44 bits per heavy atom. The number of carbonyl (C=O) groups excluding carboxylic acids is 1. The molecular weight excluding hydrogens is 391 g/mol. The van der Waals surface area contributed by atoms with Gasteiger partial charge in [-0.2, -0.15) is 0 Å². The van der Waals surface area contributed by atoms with Crippen LogP contribution < -0.4 is 26.2 Å². The first kappa shape index (κ1) is 21.1. The Kier molecular flexibility index (Phi) is 7.15. The number of halogens is 2. The number of nitrogens with two attached hydrogens (primary N) is 2. The molecule has 0 radical (unpaired) electrons. The second kappa shape index (κ2) is 9.14. The summed E-state index contributed by atoms with van der Waals surface area (Å²) in [5.41, 5.74) is 1.82. The fourth-order valence-electron chi connectivity index (χ4n) is 2.38. The van der Waals surface area contributed by atoms with Gasteiger partial charge in [0.1, 0.15) is 18.1 Å². The minimum Gasteiger partial charge on any atom is -0.493 e. The number of nitrogens with zero attached hydrogens (tertiary/aromatic N) is 2. The predicted octanol–water partition coefficient (Wildman–Crippen LogP) is 3.89. The molecule has 0 saturated carbocycles. The Labute approximate surface area is 168 Å². The number of hydrazine groups is 2. The lowest BCUT2D eigenvalue weighted by Crippen LogP contribution is -2.49. The van der Waals surface area contributed by atoms with E-state index in [0.29, 0.717) is 39.4 Å². The summed E-state index contributed by atoms with van der Waals surface area (Å²) in [5.74, 6) is 12.4. The van der Waals surface area contributed by atoms with Crippen LogP contribution in [0.2, 0.25) is 10.0 Å². The summed E-state index contributed by atoms with van der Waals surface area (Å²) in [6.45, 7) is 4.19. The second-order valence-electron chi connectivity index (χ2n) is 5.77. The molecule has 0 fully saturated rings. The van der Waals surface area contributed by atoms with Gasteiger partial charge < -0.3 is 9.47 Å². The molecule has 0 aliphatic heterocycles. The van der Waals surface area contributed by atoms with Crippen LogP contribution >= 0.6 is 23.2 Å². The van der Waals surface area contributed by atoms with E-state index in [1.54, 1.807) is 30.3 Å². The van der Waals surface area contributed by atoms with Crippen LogP contribution in [0.1, 0.15) is 18.1 Å². The van der Waals surface area contributed by atoms with Crippen LogP contribution in [-0.4, -0.2) is 24.7 Å². The van der Waals surface area contributed by atoms with Gasteiger partial charge in [-0.15, -0.1) is 0 Å². The van der Waals surface area contributed by atoms with Crippen molar-refractivity contribution in [1.29, 1.82) is 0 Å². The van der Waals surface area contributed by atoms with E-state index < -0.39 is 6.03 Å². The first-order chi connectivity index (χ1) is 12.8. The van der Waals surface area contributed by atoms with Gasteiger partial charge in [0.25, 0.3) is 0 Å². The summed E-state index contributed by atoms with van der Waals surface area (Å²) in [6, 6.07) is 7.93. The summed E-state index contributed by atoms with van der Waals surface area (Å²) < 4.78 is 11.5. The van der Waals surface area contributed by atoms with E-state index >= 15 is 0 Å². The molecule has 0 aromatic heterocycles. The zero-order valence-corrected chi connectivity index (χ0v) is 16.8. The van der Waals surface area contributed by atoms with Crippen molar-refractivity contribution in [3.8, 4) is 11.5 Å². The highest BCUT2D eigenvalue weighted by atomic mass is 35.5. The van der Waals surface area contributed by atoms with Crippen molar-refractivity contribution < 1.29 is 14.3 Å². The van der Waals surface area contributed by atoms with Gasteiger partial charge in [0.05, 0.1) is 22.9 Å². The summed E-state index contributed by atoms with van der Waals surface area (Å²) in [6.07, 6.45) is 0. The molecule has 0 heterocycles. The van der Waals surface area contributed by atoms with E-state index in [4.69, 9.17) is 44.4 Å². The van der Waals surface area contributed by atoms with Gasteiger partial charge in [-0.05, 0) is 37.6 Å². The van der Waals surface area contributed by atoms with E-state index in [2.05, 4.69) is 0 Å². The third-order valence-electron chi connectivity index (χ3n) is 3.76. The summed E-state index contributed by atoms with van der Waals surface area (Å²) >= 11 is 12.4. The Bertz CT molecular complexity index is 830. The number of benzene rings is 2. The molecule has 7 nitrogen and oxygen atoms in total. The predicted molar refractivity (Wildman–Crippen MR) is 107 cm³/mol. The van der Waals surface area contributed by atoms with E-state index in [1.807, 2.05) is 13.8 Å². The molecule has 0 bridgehead atoms. The highest BCUT2D eigenvalue weighted by molar-refractivity contribution is 6.34. The van der Waals surface area contributed by atoms with Crippen LogP contribution in [-0.2, 0) is 6.61 Å². The Morgan fingerprint density at radius 1 is 1.11 bits per heavy atom. The minimum absolute atomic E-state index is 0.0554. The largest absolute Gasteiger partial charge is 0.493 e. The van der Waals surface area contributed by atoms with E-state index in [9.17, 15) is 4.79 Å². The fourth-order valence-corrected chi connectivity index (χ4v) is 2.80. The number of carbonyl (C=O) groups is 1. The average molecular weight is 413 g/mol. The third-order valence-corrected chi connectivity index (χ3v) is 4.46. The zero-order valence-electron chi connectivity index (χ0n) is 15.3. The Morgan fingerprint density at radius 2 is 1.81 bits per heavy atom. The van der Waals surface area contributed by atoms with Crippen molar-refractivity contribution in [1.82, 2.24) is 5.01 Å². The third kappa shape index (κ3) is 4.95. The van der Waals surface area contributed by atoms with Gasteiger partial charge >= 0.3 is 6.03 Å². The van der Waals surface area contributed by atoms with Crippen molar-refractivity contribution in [2.45, 2.75) is 20.5 Å². The van der Waals surface area contributed by atoms with Crippen LogP contribution in [0.3, 0.4) is 0 Å². The van der Waals surface area contributed by atoms with Crippen LogP contribution in [0, 0.1) is 6.92 Å². The minimum atomic E-state index is -0.596. The topological polar surface area (TPSA) is 94.1 Å². The van der Waals surface area contributed by atoms with Gasteiger partial charge in [0.2, 0.25) is 0 Å². The molecule has 0 spiro atoms. The number of amides is 2.